The van der Waals surface area contributed by atoms with E-state index in [-0.39, 0.29) is 30.0 Å². The molecule has 1 aromatic carbocycles. The van der Waals surface area contributed by atoms with Gasteiger partial charge in [-0.05, 0) is 25.0 Å². The molecule has 0 aliphatic heterocycles. The van der Waals surface area contributed by atoms with E-state index in [1.807, 2.05) is 0 Å². The summed E-state index contributed by atoms with van der Waals surface area (Å²) in [5.74, 6) is -0.406. The molecular formula is C18H15Cl3F2N6O. The highest BCUT2D eigenvalue weighted by Crippen LogP contribution is 2.45. The van der Waals surface area contributed by atoms with Gasteiger partial charge in [0.25, 0.3) is 6.43 Å². The van der Waals surface area contributed by atoms with Crippen molar-refractivity contribution >= 4 is 46.7 Å². The first kappa shape index (κ1) is 21.0. The van der Waals surface area contributed by atoms with Gasteiger partial charge in [-0.15, -0.1) is 5.10 Å². The monoisotopic (exact) mass is 474 g/mol. The molecule has 158 valence electrons. The van der Waals surface area contributed by atoms with Gasteiger partial charge in [-0.3, -0.25) is 14.8 Å². The van der Waals surface area contributed by atoms with E-state index in [1.165, 1.54) is 15.7 Å². The highest BCUT2D eigenvalue weighted by Gasteiger charge is 2.34. The largest absolute Gasteiger partial charge is 0.292 e. The third-order valence-corrected chi connectivity index (χ3v) is 5.69. The average Bonchev–Trinajstić information content (AvgIpc) is 3.33. The Morgan fingerprint density at radius 1 is 1.20 bits per heavy atom. The minimum Gasteiger partial charge on any atom is -0.292 e. The minimum atomic E-state index is -2.81. The molecule has 0 unspecified atom stereocenters. The van der Waals surface area contributed by atoms with Crippen molar-refractivity contribution < 1.29 is 13.6 Å². The summed E-state index contributed by atoms with van der Waals surface area (Å²) in [4.78, 5) is 16.4. The summed E-state index contributed by atoms with van der Waals surface area (Å²) < 4.78 is 29.0. The first-order valence-corrected chi connectivity index (χ1v) is 10.1. The number of benzene rings is 1. The Balaban J connectivity index is 1.45. The normalized spacial score (nSPS) is 13.8. The van der Waals surface area contributed by atoms with E-state index in [4.69, 9.17) is 34.8 Å². The van der Waals surface area contributed by atoms with Gasteiger partial charge in [0.2, 0.25) is 11.9 Å². The third kappa shape index (κ3) is 4.43. The van der Waals surface area contributed by atoms with Crippen LogP contribution >= 0.6 is 34.8 Å². The van der Waals surface area contributed by atoms with E-state index in [9.17, 15) is 13.6 Å². The fraction of sp³-hybridized carbons (Fsp3) is 0.333. The van der Waals surface area contributed by atoms with Crippen LogP contribution in [0.1, 0.15) is 42.1 Å². The molecule has 7 nitrogen and oxygen atoms in total. The molecule has 1 fully saturated rings. The molecule has 4 rings (SSSR count). The first-order valence-electron chi connectivity index (χ1n) is 9.00. The Morgan fingerprint density at radius 3 is 2.53 bits per heavy atom. The maximum Gasteiger partial charge on any atom is 0.283 e. The highest BCUT2D eigenvalue weighted by molar-refractivity contribution is 6.36. The molecule has 1 saturated carbocycles. The number of halogens is 5. The zero-order chi connectivity index (χ0) is 21.4. The van der Waals surface area contributed by atoms with Crippen molar-refractivity contribution in [3.05, 3.63) is 56.5 Å². The number of aromatic nitrogens is 5. The van der Waals surface area contributed by atoms with Crippen LogP contribution in [0.3, 0.4) is 0 Å². The summed E-state index contributed by atoms with van der Waals surface area (Å²) in [5, 5.41) is 11.4. The number of carbonyl (C=O) groups excluding carboxylic acids is 1. The number of nitrogens with zero attached hydrogens (tertiary/aromatic N) is 5. The van der Waals surface area contributed by atoms with Gasteiger partial charge in [0.1, 0.15) is 18.6 Å². The molecule has 1 aliphatic carbocycles. The summed E-state index contributed by atoms with van der Waals surface area (Å²) in [6, 6.07) is 5.16. The molecule has 0 saturated heterocycles. The van der Waals surface area contributed by atoms with Gasteiger partial charge in [0.15, 0.2) is 0 Å². The molecule has 12 heteroatoms. The number of alkyl halides is 2. The summed E-state index contributed by atoms with van der Waals surface area (Å²) in [6.07, 6.45) is 0.261. The van der Waals surface area contributed by atoms with Gasteiger partial charge < -0.3 is 0 Å². The fourth-order valence-corrected chi connectivity index (χ4v) is 3.94. The predicted octanol–water partition coefficient (Wildman–Crippen LogP) is 4.94. The number of nitrogens with one attached hydrogen (secondary N) is 1. The van der Waals surface area contributed by atoms with Gasteiger partial charge in [0.05, 0.1) is 17.3 Å². The molecule has 1 N–H and O–H groups in total. The number of rotatable bonds is 7. The van der Waals surface area contributed by atoms with Crippen LogP contribution in [0.25, 0.3) is 0 Å². The molecular weight excluding hydrogens is 461 g/mol. The number of carbonyl (C=O) groups is 1. The smallest absolute Gasteiger partial charge is 0.283 e. The quantitative estimate of drug-likeness (QED) is 0.525. The first-order chi connectivity index (χ1) is 14.3. The summed E-state index contributed by atoms with van der Waals surface area (Å²) in [5.41, 5.74) is 0.628. The zero-order valence-electron chi connectivity index (χ0n) is 15.3. The summed E-state index contributed by atoms with van der Waals surface area (Å²) in [7, 11) is 0. The van der Waals surface area contributed by atoms with Gasteiger partial charge in [-0.2, -0.15) is 5.10 Å². The topological polar surface area (TPSA) is 77.6 Å². The molecule has 30 heavy (non-hydrogen) atoms. The lowest BCUT2D eigenvalue weighted by Crippen LogP contribution is -2.21. The second-order valence-electron chi connectivity index (χ2n) is 6.83. The van der Waals surface area contributed by atoms with Crippen LogP contribution in [-0.4, -0.2) is 30.5 Å². The second-order valence-corrected chi connectivity index (χ2v) is 8.02. The van der Waals surface area contributed by atoms with Crippen LogP contribution in [0, 0.1) is 0 Å². The van der Waals surface area contributed by atoms with Crippen LogP contribution in [0.4, 0.5) is 14.7 Å². The molecule has 0 bridgehead atoms. The zero-order valence-corrected chi connectivity index (χ0v) is 17.6. The Kier molecular flexibility index (Phi) is 5.95. The van der Waals surface area contributed by atoms with Crippen molar-refractivity contribution in [3.63, 3.8) is 0 Å². The van der Waals surface area contributed by atoms with Gasteiger partial charge >= 0.3 is 0 Å². The Hall–Kier alpha value is -2.23. The molecule has 2 heterocycles. The minimum absolute atomic E-state index is 0.0444. The van der Waals surface area contributed by atoms with Crippen LogP contribution in [0.15, 0.2) is 24.5 Å². The van der Waals surface area contributed by atoms with Crippen molar-refractivity contribution in [2.24, 2.45) is 0 Å². The maximum atomic E-state index is 13.1. The summed E-state index contributed by atoms with van der Waals surface area (Å²) in [6.45, 7) is -0.0110. The van der Waals surface area contributed by atoms with Crippen molar-refractivity contribution in [2.75, 3.05) is 5.32 Å². The second kappa shape index (κ2) is 8.49. The Labute approximate surface area is 184 Å². The molecule has 0 spiro atoms. The fourth-order valence-electron chi connectivity index (χ4n) is 3.05. The highest BCUT2D eigenvalue weighted by atomic mass is 35.5. The van der Waals surface area contributed by atoms with E-state index in [1.54, 1.807) is 18.2 Å². The van der Waals surface area contributed by atoms with Gasteiger partial charge in [-0.1, -0.05) is 40.9 Å². The third-order valence-electron chi connectivity index (χ3n) is 4.59. The van der Waals surface area contributed by atoms with Crippen molar-refractivity contribution in [3.8, 4) is 0 Å². The Morgan fingerprint density at radius 2 is 1.90 bits per heavy atom. The van der Waals surface area contributed by atoms with Crippen LogP contribution in [0.5, 0.6) is 0 Å². The van der Waals surface area contributed by atoms with Crippen LogP contribution in [-0.2, 0) is 17.9 Å². The lowest BCUT2D eigenvalue weighted by molar-refractivity contribution is -0.117. The maximum absolute atomic E-state index is 13.1. The number of anilines is 1. The molecule has 3 aromatic rings. The van der Waals surface area contributed by atoms with Crippen molar-refractivity contribution in [1.29, 1.82) is 0 Å². The van der Waals surface area contributed by atoms with Gasteiger partial charge in [-0.25, -0.2) is 18.4 Å². The van der Waals surface area contributed by atoms with Crippen molar-refractivity contribution in [1.82, 2.24) is 24.5 Å². The lowest BCUT2D eigenvalue weighted by atomic mass is 10.2. The van der Waals surface area contributed by atoms with Crippen LogP contribution in [0.2, 0.25) is 15.1 Å². The Bertz CT molecular complexity index is 1080. The van der Waals surface area contributed by atoms with E-state index in [2.05, 4.69) is 20.5 Å². The number of hydrogen-bond acceptors (Lipinski definition) is 4. The van der Waals surface area contributed by atoms with E-state index in [0.29, 0.717) is 21.3 Å². The van der Waals surface area contributed by atoms with E-state index < -0.39 is 18.0 Å². The predicted molar refractivity (Wildman–Crippen MR) is 108 cm³/mol. The SMILES string of the molecule is O=C(Cn1nc(C(F)F)c(Cl)c1C1CC1)Nc1ncn(Cc2c(Cl)cccc2Cl)n1. The lowest BCUT2D eigenvalue weighted by Gasteiger charge is -2.07. The number of hydrogen-bond donors (Lipinski definition) is 1. The average molecular weight is 476 g/mol. The number of amides is 1. The molecule has 1 aliphatic rings. The molecule has 1 amide bonds. The summed E-state index contributed by atoms with van der Waals surface area (Å²) >= 11 is 18.4. The molecule has 0 atom stereocenters. The van der Waals surface area contributed by atoms with Crippen LogP contribution < -0.4 is 5.32 Å². The van der Waals surface area contributed by atoms with E-state index in [0.717, 1.165) is 12.8 Å². The molecule has 0 radical (unpaired) electrons. The van der Waals surface area contributed by atoms with Gasteiger partial charge in [0, 0.05) is 21.5 Å². The van der Waals surface area contributed by atoms with E-state index >= 15 is 0 Å². The van der Waals surface area contributed by atoms with Crippen molar-refractivity contribution in [2.45, 2.75) is 38.3 Å². The molecule has 2 aromatic heterocycles. The standard InChI is InChI=1S/C18H15Cl3F2N6O/c19-11-2-1-3-12(20)10(11)6-28-8-24-18(27-28)25-13(30)7-29-16(9-4-5-9)14(21)15(26-29)17(22)23/h1-3,8-9,17H,4-7H2,(H,25,27,30).